The number of aromatic nitrogens is 1. The van der Waals surface area contributed by atoms with Gasteiger partial charge in [0.2, 0.25) is 0 Å². The number of carbonyl (C=O) groups excluding carboxylic acids is 2. The van der Waals surface area contributed by atoms with Crippen LogP contribution in [0.25, 0.3) is 0 Å². The minimum absolute atomic E-state index is 0.0372. The van der Waals surface area contributed by atoms with E-state index in [4.69, 9.17) is 4.52 Å². The van der Waals surface area contributed by atoms with Crippen molar-refractivity contribution < 1.29 is 14.1 Å². The van der Waals surface area contributed by atoms with Crippen molar-refractivity contribution in [3.05, 3.63) is 52.6 Å². The Morgan fingerprint density at radius 3 is 2.96 bits per heavy atom. The van der Waals surface area contributed by atoms with Crippen molar-refractivity contribution >= 4 is 17.5 Å². The highest BCUT2D eigenvalue weighted by molar-refractivity contribution is 6.13. The lowest BCUT2D eigenvalue weighted by atomic mass is 9.84. The molecule has 4 rings (SSSR count). The monoisotopic (exact) mass is 337 g/mol. The van der Waals surface area contributed by atoms with Gasteiger partial charge in [0.1, 0.15) is 5.76 Å². The molecular formula is C19H19N3O3. The number of allylic oxidation sites excluding steroid dienone is 3. The van der Waals surface area contributed by atoms with Crippen molar-refractivity contribution in [1.82, 2.24) is 10.5 Å². The van der Waals surface area contributed by atoms with Crippen LogP contribution in [0.1, 0.15) is 55.3 Å². The van der Waals surface area contributed by atoms with Gasteiger partial charge in [0.25, 0.3) is 11.8 Å². The Balaban J connectivity index is 1.57. The molecule has 128 valence electrons. The molecule has 1 unspecified atom stereocenters. The molecule has 6 heteroatoms. The summed E-state index contributed by atoms with van der Waals surface area (Å²) in [7, 11) is 0. The molecule has 1 aliphatic heterocycles. The van der Waals surface area contributed by atoms with Crippen LogP contribution in [-0.2, 0) is 4.79 Å². The van der Waals surface area contributed by atoms with Gasteiger partial charge in [-0.2, -0.15) is 0 Å². The third kappa shape index (κ3) is 2.88. The first-order chi connectivity index (χ1) is 12.1. The predicted molar refractivity (Wildman–Crippen MR) is 92.1 cm³/mol. The van der Waals surface area contributed by atoms with Crippen LogP contribution in [0, 0.1) is 5.92 Å². The van der Waals surface area contributed by atoms with Gasteiger partial charge in [0.05, 0.1) is 5.71 Å². The summed E-state index contributed by atoms with van der Waals surface area (Å²) in [6.45, 7) is 3.95. The molecule has 0 aromatic carbocycles. The van der Waals surface area contributed by atoms with Crippen LogP contribution in [0.3, 0.4) is 0 Å². The Kier molecular flexibility index (Phi) is 3.75. The lowest BCUT2D eigenvalue weighted by Gasteiger charge is -2.29. The molecule has 1 saturated carbocycles. The van der Waals surface area contributed by atoms with Gasteiger partial charge in [-0.05, 0) is 38.3 Å². The Hall–Kier alpha value is -2.76. The molecule has 1 aromatic rings. The van der Waals surface area contributed by atoms with E-state index in [2.05, 4.69) is 15.5 Å². The van der Waals surface area contributed by atoms with Gasteiger partial charge in [-0.15, -0.1) is 0 Å². The van der Waals surface area contributed by atoms with Gasteiger partial charge in [0, 0.05) is 29.2 Å². The van der Waals surface area contributed by atoms with Crippen LogP contribution in [0.5, 0.6) is 0 Å². The Morgan fingerprint density at radius 2 is 2.24 bits per heavy atom. The van der Waals surface area contributed by atoms with E-state index < -0.39 is 5.91 Å². The van der Waals surface area contributed by atoms with Crippen LogP contribution in [0.4, 0.5) is 0 Å². The van der Waals surface area contributed by atoms with Crippen molar-refractivity contribution in [1.29, 1.82) is 0 Å². The standard InChI is InChI=1S/C19H19N3O3/c1-3-13-10(2)14-7-6-12(8-15(14)21-18(13)23)20-19(24)16-9-17(25-22-16)11-4-5-11/h6-9,11,14H,3-5H2,1-2H3,(H,21,23). The fourth-order valence-corrected chi connectivity index (χ4v) is 3.29. The van der Waals surface area contributed by atoms with Gasteiger partial charge in [-0.3, -0.25) is 9.59 Å². The van der Waals surface area contributed by atoms with Crippen molar-refractivity contribution in [3.8, 4) is 0 Å². The molecular weight excluding hydrogens is 318 g/mol. The van der Waals surface area contributed by atoms with Crippen LogP contribution in [0.2, 0.25) is 0 Å². The zero-order valence-electron chi connectivity index (χ0n) is 14.2. The molecule has 0 radical (unpaired) electrons. The third-order valence-electron chi connectivity index (χ3n) is 4.88. The number of nitrogens with one attached hydrogen (secondary N) is 1. The molecule has 25 heavy (non-hydrogen) atoms. The minimum Gasteiger partial charge on any atom is -0.360 e. The molecule has 1 fully saturated rings. The quantitative estimate of drug-likeness (QED) is 0.918. The lowest BCUT2D eigenvalue weighted by molar-refractivity contribution is -0.117. The largest absolute Gasteiger partial charge is 0.360 e. The molecule has 2 aliphatic carbocycles. The van der Waals surface area contributed by atoms with Gasteiger partial charge in [-0.25, -0.2) is 4.99 Å². The molecule has 1 N–H and O–H groups in total. The Labute approximate surface area is 145 Å². The van der Waals surface area contributed by atoms with Gasteiger partial charge < -0.3 is 9.84 Å². The maximum Gasteiger partial charge on any atom is 0.299 e. The zero-order valence-corrected chi connectivity index (χ0v) is 14.2. The lowest BCUT2D eigenvalue weighted by Crippen LogP contribution is -2.36. The molecule has 1 atom stereocenters. The maximum absolute atomic E-state index is 12.3. The molecule has 2 heterocycles. The average Bonchev–Trinajstić information content (AvgIpc) is 3.32. The fraction of sp³-hybridized carbons (Fsp3) is 0.368. The summed E-state index contributed by atoms with van der Waals surface area (Å²) in [5, 5.41) is 6.72. The number of hydrogen-bond donors (Lipinski definition) is 1. The number of rotatable bonds is 3. The topological polar surface area (TPSA) is 84.6 Å². The molecule has 6 nitrogen and oxygen atoms in total. The second-order valence-electron chi connectivity index (χ2n) is 6.64. The fourth-order valence-electron chi connectivity index (χ4n) is 3.29. The average molecular weight is 337 g/mol. The maximum atomic E-state index is 12.3. The number of nitrogens with zero attached hydrogens (tertiary/aromatic N) is 2. The zero-order chi connectivity index (χ0) is 17.6. The number of aliphatic imine (C=N–C) groups is 1. The van der Waals surface area contributed by atoms with Crippen molar-refractivity contribution in [2.75, 3.05) is 0 Å². The first-order valence-corrected chi connectivity index (χ1v) is 8.57. The van der Waals surface area contributed by atoms with E-state index in [-0.39, 0.29) is 17.5 Å². The first kappa shape index (κ1) is 15.7. The van der Waals surface area contributed by atoms with Crippen LogP contribution in [-0.4, -0.2) is 22.7 Å². The van der Waals surface area contributed by atoms with E-state index in [1.54, 1.807) is 12.1 Å². The summed E-state index contributed by atoms with van der Waals surface area (Å²) in [6, 6.07) is 1.68. The van der Waals surface area contributed by atoms with Crippen molar-refractivity contribution in [2.24, 2.45) is 10.9 Å². The normalized spacial score (nSPS) is 24.2. The molecule has 3 aliphatic rings. The second kappa shape index (κ2) is 5.95. The van der Waals surface area contributed by atoms with Gasteiger partial charge in [-0.1, -0.05) is 23.7 Å². The van der Waals surface area contributed by atoms with Crippen LogP contribution >= 0.6 is 0 Å². The molecule has 0 saturated heterocycles. The summed E-state index contributed by atoms with van der Waals surface area (Å²) in [6.07, 6.45) is 8.38. The number of amides is 2. The summed E-state index contributed by atoms with van der Waals surface area (Å²) < 4.78 is 5.20. The van der Waals surface area contributed by atoms with E-state index >= 15 is 0 Å². The third-order valence-corrected chi connectivity index (χ3v) is 4.88. The summed E-state index contributed by atoms with van der Waals surface area (Å²) >= 11 is 0. The minimum atomic E-state index is -0.436. The molecule has 0 bridgehead atoms. The molecule has 1 aromatic heterocycles. The Morgan fingerprint density at radius 1 is 1.44 bits per heavy atom. The van der Waals surface area contributed by atoms with E-state index in [1.165, 1.54) is 0 Å². The number of hydrogen-bond acceptors (Lipinski definition) is 4. The highest BCUT2D eigenvalue weighted by Crippen LogP contribution is 2.40. The van der Waals surface area contributed by atoms with E-state index in [1.807, 2.05) is 26.0 Å². The van der Waals surface area contributed by atoms with Crippen LogP contribution in [0.15, 0.2) is 50.7 Å². The SMILES string of the molecule is CCC1=C(C)C2C=CC(=NC(=O)c3cc(C4CC4)on3)C=C2NC1=O. The van der Waals surface area contributed by atoms with Crippen molar-refractivity contribution in [2.45, 2.75) is 39.0 Å². The van der Waals surface area contributed by atoms with Crippen molar-refractivity contribution in [3.63, 3.8) is 0 Å². The second-order valence-corrected chi connectivity index (χ2v) is 6.64. The van der Waals surface area contributed by atoms with E-state index in [9.17, 15) is 9.59 Å². The summed E-state index contributed by atoms with van der Waals surface area (Å²) in [5.41, 5.74) is 3.34. The van der Waals surface area contributed by atoms with E-state index in [0.29, 0.717) is 18.1 Å². The smallest absolute Gasteiger partial charge is 0.299 e. The number of carbonyl (C=O) groups is 2. The summed E-state index contributed by atoms with van der Waals surface area (Å²) in [4.78, 5) is 28.5. The predicted octanol–water partition coefficient (Wildman–Crippen LogP) is 3.06. The molecule has 2 amide bonds. The number of fused-ring (bicyclic) bond motifs is 1. The summed E-state index contributed by atoms with van der Waals surface area (Å²) in [5.74, 6) is 0.686. The molecule has 0 spiro atoms. The highest BCUT2D eigenvalue weighted by atomic mass is 16.5. The van der Waals surface area contributed by atoms with Crippen LogP contribution < -0.4 is 5.32 Å². The first-order valence-electron chi connectivity index (χ1n) is 8.57. The van der Waals surface area contributed by atoms with Gasteiger partial charge >= 0.3 is 0 Å². The van der Waals surface area contributed by atoms with E-state index in [0.717, 1.165) is 35.4 Å². The van der Waals surface area contributed by atoms with Gasteiger partial charge in [0.15, 0.2) is 5.69 Å². The Bertz CT molecular complexity index is 881. The highest BCUT2D eigenvalue weighted by Gasteiger charge is 2.30.